The Bertz CT molecular complexity index is 336. The van der Waals surface area contributed by atoms with Gasteiger partial charge in [-0.2, -0.15) is 5.26 Å². The summed E-state index contributed by atoms with van der Waals surface area (Å²) in [5, 5.41) is 8.62. The summed E-state index contributed by atoms with van der Waals surface area (Å²) in [7, 11) is 0. The minimum Gasteiger partial charge on any atom is -0.207 e. The molecular weight excluding hydrogens is 153 g/mol. The molecule has 0 aromatic heterocycles. The van der Waals surface area contributed by atoms with Gasteiger partial charge in [-0.3, -0.25) is 0 Å². The quantitative estimate of drug-likeness (QED) is 0.611. The highest BCUT2D eigenvalue weighted by atomic mass is 19.1. The number of halogens is 1. The van der Waals surface area contributed by atoms with Crippen LogP contribution in [0.2, 0.25) is 0 Å². The van der Waals surface area contributed by atoms with Crippen LogP contribution in [0.4, 0.5) is 4.39 Å². The van der Waals surface area contributed by atoms with Gasteiger partial charge in [0, 0.05) is 0 Å². The van der Waals surface area contributed by atoms with Gasteiger partial charge < -0.3 is 0 Å². The van der Waals surface area contributed by atoms with Crippen LogP contribution in [0.1, 0.15) is 11.1 Å². The smallest absolute Gasteiger partial charge is 0.124 e. The first-order valence-electron chi connectivity index (χ1n) is 3.57. The van der Waals surface area contributed by atoms with E-state index in [1.54, 1.807) is 12.1 Å². The largest absolute Gasteiger partial charge is 0.207 e. The minimum absolute atomic E-state index is 0.376. The first-order valence-corrected chi connectivity index (χ1v) is 3.57. The third-order valence-electron chi connectivity index (χ3n) is 1.56. The summed E-state index contributed by atoms with van der Waals surface area (Å²) >= 11 is 0. The predicted octanol–water partition coefficient (Wildman–Crippen LogP) is 2.43. The average molecular weight is 161 g/mol. The van der Waals surface area contributed by atoms with E-state index < -0.39 is 0 Å². The molecule has 0 saturated carbocycles. The Labute approximate surface area is 70.8 Å². The molecule has 0 N–H and O–H groups in total. The summed E-state index contributed by atoms with van der Waals surface area (Å²) in [4.78, 5) is 0. The molecule has 1 aromatic carbocycles. The highest BCUT2D eigenvalue weighted by Gasteiger charge is 2.00. The molecule has 60 valence electrons. The van der Waals surface area contributed by atoms with Crippen LogP contribution in [0.3, 0.4) is 0 Å². The first kappa shape index (κ1) is 8.48. The van der Waals surface area contributed by atoms with Gasteiger partial charge in [0.1, 0.15) is 5.82 Å². The molecule has 0 radical (unpaired) electrons. The number of nitriles is 1. The lowest BCUT2D eigenvalue weighted by molar-refractivity contribution is 0.626. The molecule has 1 aromatic rings. The molecule has 0 fully saturated rings. The van der Waals surface area contributed by atoms with E-state index in [0.29, 0.717) is 12.0 Å². The van der Waals surface area contributed by atoms with Crippen LogP contribution < -0.4 is 0 Å². The number of nitrogens with zero attached hydrogens (tertiary/aromatic N) is 1. The molecule has 1 nitrogen and oxygen atoms in total. The molecule has 1 rings (SSSR count). The fraction of sp³-hybridized carbons (Fsp3) is 0.100. The zero-order valence-corrected chi connectivity index (χ0v) is 6.55. The second-order valence-electron chi connectivity index (χ2n) is 2.41. The van der Waals surface area contributed by atoms with Gasteiger partial charge in [0.15, 0.2) is 0 Å². The van der Waals surface area contributed by atoms with Crippen molar-refractivity contribution in [3.8, 4) is 6.07 Å². The molecule has 0 atom stereocenters. The Morgan fingerprint density at radius 2 is 2.33 bits per heavy atom. The second-order valence-corrected chi connectivity index (χ2v) is 2.41. The Hall–Kier alpha value is -1.62. The maximum Gasteiger partial charge on any atom is 0.124 e. The van der Waals surface area contributed by atoms with Gasteiger partial charge in [0.2, 0.25) is 0 Å². The van der Waals surface area contributed by atoms with Crippen molar-refractivity contribution in [1.82, 2.24) is 0 Å². The summed E-state index contributed by atoms with van der Waals surface area (Å²) in [6.07, 6.45) is 2.29. The standard InChI is InChI=1S/C10H8FN/c1-2-3-8-4-5-10(11)6-9(8)7-12/h2,4-6H,1,3H2. The lowest BCUT2D eigenvalue weighted by atomic mass is 10.1. The molecule has 0 spiro atoms. The molecule has 0 aliphatic carbocycles. The van der Waals surface area contributed by atoms with Gasteiger partial charge in [0.05, 0.1) is 11.6 Å². The molecule has 2 heteroatoms. The van der Waals surface area contributed by atoms with Gasteiger partial charge in [-0.25, -0.2) is 4.39 Å². The lowest BCUT2D eigenvalue weighted by Crippen LogP contribution is -1.88. The van der Waals surface area contributed by atoms with Crippen LogP contribution >= 0.6 is 0 Å². The van der Waals surface area contributed by atoms with Crippen LogP contribution in [0, 0.1) is 17.1 Å². The third-order valence-corrected chi connectivity index (χ3v) is 1.56. The topological polar surface area (TPSA) is 23.8 Å². The average Bonchev–Trinajstić information content (AvgIpc) is 2.08. The second kappa shape index (κ2) is 3.68. The lowest BCUT2D eigenvalue weighted by Gasteiger charge is -1.98. The van der Waals surface area contributed by atoms with Crippen molar-refractivity contribution >= 4 is 0 Å². The van der Waals surface area contributed by atoms with Crippen LogP contribution in [0.25, 0.3) is 0 Å². The van der Waals surface area contributed by atoms with E-state index in [4.69, 9.17) is 5.26 Å². The van der Waals surface area contributed by atoms with Gasteiger partial charge in [-0.05, 0) is 24.1 Å². The summed E-state index contributed by atoms with van der Waals surface area (Å²) in [5.41, 5.74) is 1.20. The fourth-order valence-corrected chi connectivity index (χ4v) is 0.986. The summed E-state index contributed by atoms with van der Waals surface area (Å²) < 4.78 is 12.6. The maximum absolute atomic E-state index is 12.6. The fourth-order valence-electron chi connectivity index (χ4n) is 0.986. The molecule has 12 heavy (non-hydrogen) atoms. The predicted molar refractivity (Wildman–Crippen MR) is 45.0 cm³/mol. The van der Waals surface area contributed by atoms with Crippen LogP contribution in [-0.4, -0.2) is 0 Å². The van der Waals surface area contributed by atoms with E-state index in [0.717, 1.165) is 5.56 Å². The van der Waals surface area contributed by atoms with Crippen LogP contribution in [0.5, 0.6) is 0 Å². The zero-order valence-electron chi connectivity index (χ0n) is 6.55. The van der Waals surface area contributed by atoms with Crippen molar-refractivity contribution in [2.45, 2.75) is 6.42 Å². The molecule has 0 bridgehead atoms. The van der Waals surface area contributed by atoms with Crippen molar-refractivity contribution in [2.24, 2.45) is 0 Å². The Morgan fingerprint density at radius 1 is 1.58 bits per heavy atom. The number of rotatable bonds is 2. The van der Waals surface area contributed by atoms with Gasteiger partial charge in [-0.15, -0.1) is 6.58 Å². The summed E-state index contributed by atoms with van der Waals surface area (Å²) in [6.45, 7) is 3.55. The SMILES string of the molecule is C=CCc1ccc(F)cc1C#N. The molecule has 0 aliphatic rings. The number of allylic oxidation sites excluding steroid dienone is 1. The number of hydrogen-bond acceptors (Lipinski definition) is 1. The molecule has 0 heterocycles. The van der Waals surface area contributed by atoms with Crippen molar-refractivity contribution in [2.75, 3.05) is 0 Å². The van der Waals surface area contributed by atoms with Crippen LogP contribution in [0.15, 0.2) is 30.9 Å². The van der Waals surface area contributed by atoms with Crippen molar-refractivity contribution in [3.63, 3.8) is 0 Å². The van der Waals surface area contributed by atoms with E-state index >= 15 is 0 Å². The van der Waals surface area contributed by atoms with Gasteiger partial charge >= 0.3 is 0 Å². The van der Waals surface area contributed by atoms with Crippen molar-refractivity contribution < 1.29 is 4.39 Å². The highest BCUT2D eigenvalue weighted by Crippen LogP contribution is 2.10. The van der Waals surface area contributed by atoms with E-state index in [1.807, 2.05) is 6.07 Å². The number of hydrogen-bond donors (Lipinski definition) is 0. The van der Waals surface area contributed by atoms with Gasteiger partial charge in [0.25, 0.3) is 0 Å². The normalized spacial score (nSPS) is 9.00. The van der Waals surface area contributed by atoms with E-state index in [1.165, 1.54) is 12.1 Å². The Morgan fingerprint density at radius 3 is 2.92 bits per heavy atom. The third kappa shape index (κ3) is 1.70. The van der Waals surface area contributed by atoms with E-state index in [9.17, 15) is 4.39 Å². The van der Waals surface area contributed by atoms with E-state index in [-0.39, 0.29) is 5.82 Å². The monoisotopic (exact) mass is 161 g/mol. The van der Waals surface area contributed by atoms with E-state index in [2.05, 4.69) is 6.58 Å². The van der Waals surface area contributed by atoms with Crippen molar-refractivity contribution in [3.05, 3.63) is 47.8 Å². The molecule has 0 aliphatic heterocycles. The molecule has 0 amide bonds. The Balaban J connectivity index is 3.12. The van der Waals surface area contributed by atoms with Gasteiger partial charge in [-0.1, -0.05) is 12.1 Å². The summed E-state index contributed by atoms with van der Waals surface area (Å²) in [5.74, 6) is -0.376. The van der Waals surface area contributed by atoms with Crippen LogP contribution in [-0.2, 0) is 6.42 Å². The number of benzene rings is 1. The Kier molecular flexibility index (Phi) is 2.60. The molecular formula is C10H8FN. The highest BCUT2D eigenvalue weighted by molar-refractivity contribution is 5.38. The van der Waals surface area contributed by atoms with Crippen molar-refractivity contribution in [1.29, 1.82) is 5.26 Å². The minimum atomic E-state index is -0.376. The maximum atomic E-state index is 12.6. The molecule has 0 unspecified atom stereocenters. The first-order chi connectivity index (χ1) is 5.77. The summed E-state index contributed by atoms with van der Waals surface area (Å²) in [6, 6.07) is 6.12. The zero-order chi connectivity index (χ0) is 8.97. The molecule has 0 saturated heterocycles.